The third-order valence-electron chi connectivity index (χ3n) is 3.39. The summed E-state index contributed by atoms with van der Waals surface area (Å²) in [6, 6.07) is 17.2. The Hall–Kier alpha value is -2.31. The minimum atomic E-state index is -1.09. The van der Waals surface area contributed by atoms with Gasteiger partial charge in [-0.25, -0.2) is 9.86 Å². The molecule has 0 aliphatic carbocycles. The van der Waals surface area contributed by atoms with Gasteiger partial charge in [0.05, 0.1) is 7.11 Å². The van der Waals surface area contributed by atoms with E-state index >= 15 is 0 Å². The highest BCUT2D eigenvalue weighted by molar-refractivity contribution is 7.99. The second kappa shape index (κ2) is 9.10. The van der Waals surface area contributed by atoms with Gasteiger partial charge in [0.1, 0.15) is 0 Å². The van der Waals surface area contributed by atoms with Crippen LogP contribution in [0.3, 0.4) is 0 Å². The lowest BCUT2D eigenvalue weighted by atomic mass is 10.1. The van der Waals surface area contributed by atoms with E-state index in [0.29, 0.717) is 11.3 Å². The Kier molecular flexibility index (Phi) is 6.84. The van der Waals surface area contributed by atoms with Crippen LogP contribution in [0.2, 0.25) is 0 Å². The first-order valence-corrected chi connectivity index (χ1v) is 8.45. The van der Waals surface area contributed by atoms with Gasteiger partial charge in [-0.05, 0) is 30.7 Å². The number of carbonyl (C=O) groups is 2. The molecule has 0 unspecified atom stereocenters. The maximum absolute atomic E-state index is 12.5. The van der Waals surface area contributed by atoms with Gasteiger partial charge in [0.15, 0.2) is 6.04 Å². The van der Waals surface area contributed by atoms with Crippen molar-refractivity contribution in [3.05, 3.63) is 66.2 Å². The molecule has 2 rings (SSSR count). The second-order valence-corrected chi connectivity index (χ2v) is 6.15. The lowest BCUT2D eigenvalue weighted by molar-refractivity contribution is -0.166. The molecular weight excluding hydrogens is 326 g/mol. The zero-order valence-electron chi connectivity index (χ0n) is 13.3. The highest BCUT2D eigenvalue weighted by atomic mass is 32.2. The Bertz CT molecular complexity index is 663. The summed E-state index contributed by atoms with van der Waals surface area (Å²) in [5, 5.41) is 10.4. The number of hydrogen-bond donors (Lipinski definition) is 1. The number of carbonyl (C=O) groups excluding carboxylic acids is 1. The van der Waals surface area contributed by atoms with Crippen LogP contribution >= 0.6 is 11.8 Å². The van der Waals surface area contributed by atoms with E-state index in [-0.39, 0.29) is 6.42 Å². The average molecular weight is 345 g/mol. The molecule has 2 aromatic rings. The molecule has 0 bridgehead atoms. The number of carboxylic acid groups (broad SMARTS) is 1. The van der Waals surface area contributed by atoms with Crippen molar-refractivity contribution in [2.24, 2.45) is 0 Å². The van der Waals surface area contributed by atoms with E-state index in [9.17, 15) is 14.7 Å². The van der Waals surface area contributed by atoms with Gasteiger partial charge in [-0.2, -0.15) is 0 Å². The van der Waals surface area contributed by atoms with Crippen LogP contribution in [0.15, 0.2) is 65.6 Å². The quantitative estimate of drug-likeness (QED) is 0.587. The normalized spacial score (nSPS) is 11.7. The van der Waals surface area contributed by atoms with Crippen molar-refractivity contribution >= 4 is 23.6 Å². The summed E-state index contributed by atoms with van der Waals surface area (Å²) >= 11 is 1.54. The number of thioether (sulfide) groups is 1. The number of benzene rings is 2. The zero-order chi connectivity index (χ0) is 17.4. The molecule has 1 amide bonds. The Labute approximate surface area is 145 Å². The molecule has 0 aliphatic rings. The molecular formula is C18H19NO4S. The fourth-order valence-corrected chi connectivity index (χ4v) is 3.13. The summed E-state index contributed by atoms with van der Waals surface area (Å²) in [4.78, 5) is 30.2. The molecule has 0 saturated heterocycles. The van der Waals surface area contributed by atoms with Gasteiger partial charge in [0, 0.05) is 16.2 Å². The fraction of sp³-hybridized carbons (Fsp3) is 0.222. The highest BCUT2D eigenvalue weighted by Crippen LogP contribution is 2.21. The third kappa shape index (κ3) is 4.84. The van der Waals surface area contributed by atoms with Crippen molar-refractivity contribution in [1.29, 1.82) is 0 Å². The van der Waals surface area contributed by atoms with E-state index in [2.05, 4.69) is 0 Å². The molecule has 0 spiro atoms. The molecule has 24 heavy (non-hydrogen) atoms. The van der Waals surface area contributed by atoms with Crippen LogP contribution in [-0.2, 0) is 9.63 Å². The minimum Gasteiger partial charge on any atom is -0.480 e. The molecule has 0 radical (unpaired) electrons. The Balaban J connectivity index is 2.04. The predicted molar refractivity (Wildman–Crippen MR) is 92.8 cm³/mol. The number of aliphatic carboxylic acids is 1. The van der Waals surface area contributed by atoms with Gasteiger partial charge in [-0.3, -0.25) is 9.63 Å². The van der Waals surface area contributed by atoms with Gasteiger partial charge in [-0.15, -0.1) is 11.8 Å². The SMILES string of the molecule is CON(C(=O)c1ccccc1)[C@@H](CCSc1ccccc1)C(=O)O. The summed E-state index contributed by atoms with van der Waals surface area (Å²) in [5.74, 6) is -0.992. The predicted octanol–water partition coefficient (Wildman–Crippen LogP) is 3.33. The Morgan fingerprint density at radius 3 is 2.21 bits per heavy atom. The summed E-state index contributed by atoms with van der Waals surface area (Å²) < 4.78 is 0. The topological polar surface area (TPSA) is 66.8 Å². The monoisotopic (exact) mass is 345 g/mol. The highest BCUT2D eigenvalue weighted by Gasteiger charge is 2.30. The van der Waals surface area contributed by atoms with Crippen molar-refractivity contribution in [2.75, 3.05) is 12.9 Å². The number of hydrogen-bond acceptors (Lipinski definition) is 4. The van der Waals surface area contributed by atoms with Crippen LogP contribution < -0.4 is 0 Å². The van der Waals surface area contributed by atoms with Crippen LogP contribution in [0.25, 0.3) is 0 Å². The lowest BCUT2D eigenvalue weighted by Gasteiger charge is -2.26. The fourth-order valence-electron chi connectivity index (χ4n) is 2.21. The summed E-state index contributed by atoms with van der Waals surface area (Å²) in [5.41, 5.74) is 0.390. The van der Waals surface area contributed by atoms with Gasteiger partial charge in [-0.1, -0.05) is 36.4 Å². The molecule has 5 nitrogen and oxygen atoms in total. The van der Waals surface area contributed by atoms with Crippen molar-refractivity contribution in [1.82, 2.24) is 5.06 Å². The molecule has 1 N–H and O–H groups in total. The van der Waals surface area contributed by atoms with Crippen molar-refractivity contribution < 1.29 is 19.5 Å². The molecule has 2 aromatic carbocycles. The summed E-state index contributed by atoms with van der Waals surface area (Å²) in [7, 11) is 1.31. The van der Waals surface area contributed by atoms with E-state index in [1.54, 1.807) is 42.1 Å². The molecule has 1 atom stereocenters. The van der Waals surface area contributed by atoms with Crippen LogP contribution in [0.4, 0.5) is 0 Å². The zero-order valence-corrected chi connectivity index (χ0v) is 14.1. The largest absolute Gasteiger partial charge is 0.480 e. The Morgan fingerprint density at radius 1 is 1.08 bits per heavy atom. The summed E-state index contributed by atoms with van der Waals surface area (Å²) in [6.45, 7) is 0. The van der Waals surface area contributed by atoms with Gasteiger partial charge in [0.25, 0.3) is 5.91 Å². The van der Waals surface area contributed by atoms with E-state index in [4.69, 9.17) is 4.84 Å². The van der Waals surface area contributed by atoms with Gasteiger partial charge in [0.2, 0.25) is 0 Å². The number of hydroxylamine groups is 2. The second-order valence-electron chi connectivity index (χ2n) is 4.98. The van der Waals surface area contributed by atoms with Gasteiger partial charge < -0.3 is 5.11 Å². The number of nitrogens with zero attached hydrogens (tertiary/aromatic N) is 1. The van der Waals surface area contributed by atoms with Crippen molar-refractivity contribution in [3.8, 4) is 0 Å². The van der Waals surface area contributed by atoms with E-state index < -0.39 is 17.9 Å². The van der Waals surface area contributed by atoms with Gasteiger partial charge >= 0.3 is 5.97 Å². The maximum atomic E-state index is 12.5. The molecule has 0 aromatic heterocycles. The van der Waals surface area contributed by atoms with Crippen LogP contribution in [0, 0.1) is 0 Å². The molecule has 0 heterocycles. The number of amides is 1. The van der Waals surface area contributed by atoms with Crippen LogP contribution in [0.1, 0.15) is 16.8 Å². The first-order chi connectivity index (χ1) is 11.6. The number of rotatable bonds is 8. The van der Waals surface area contributed by atoms with E-state index in [0.717, 1.165) is 9.96 Å². The van der Waals surface area contributed by atoms with Crippen LogP contribution in [0.5, 0.6) is 0 Å². The molecule has 6 heteroatoms. The standard InChI is InChI=1S/C18H19NO4S/c1-23-19(17(20)14-8-4-2-5-9-14)16(18(21)22)12-13-24-15-10-6-3-7-11-15/h2-11,16H,12-13H2,1H3,(H,21,22)/t16-/m0/s1. The first kappa shape index (κ1) is 18.0. The minimum absolute atomic E-state index is 0.279. The number of carboxylic acids is 1. The van der Waals surface area contributed by atoms with E-state index in [1.165, 1.54) is 7.11 Å². The smallest absolute Gasteiger partial charge is 0.329 e. The molecule has 0 aliphatic heterocycles. The van der Waals surface area contributed by atoms with Crippen molar-refractivity contribution in [2.45, 2.75) is 17.4 Å². The summed E-state index contributed by atoms with van der Waals surface area (Å²) in [6.07, 6.45) is 0.279. The third-order valence-corrected chi connectivity index (χ3v) is 4.43. The molecule has 126 valence electrons. The molecule has 0 fully saturated rings. The average Bonchev–Trinajstić information content (AvgIpc) is 2.62. The van der Waals surface area contributed by atoms with E-state index in [1.807, 2.05) is 30.3 Å². The maximum Gasteiger partial charge on any atom is 0.329 e. The van der Waals surface area contributed by atoms with Crippen molar-refractivity contribution in [3.63, 3.8) is 0 Å². The van der Waals surface area contributed by atoms with Crippen LogP contribution in [-0.4, -0.2) is 41.0 Å². The Morgan fingerprint density at radius 2 is 1.67 bits per heavy atom. The lowest BCUT2D eigenvalue weighted by Crippen LogP contribution is -2.44. The first-order valence-electron chi connectivity index (χ1n) is 7.47. The molecule has 0 saturated carbocycles.